The normalized spacial score (nSPS) is 12.0. The van der Waals surface area contributed by atoms with E-state index in [2.05, 4.69) is 5.32 Å². The van der Waals surface area contributed by atoms with E-state index in [4.69, 9.17) is 46.4 Å². The van der Waals surface area contributed by atoms with Gasteiger partial charge >= 0.3 is 0 Å². The van der Waals surface area contributed by atoms with E-state index in [-0.39, 0.29) is 24.8 Å². The van der Waals surface area contributed by atoms with Crippen molar-refractivity contribution in [1.29, 1.82) is 0 Å². The molecular weight excluding hydrogens is 478 g/mol. The van der Waals surface area contributed by atoms with Gasteiger partial charge in [0, 0.05) is 28.7 Å². The number of halogens is 4. The standard InChI is InChI=1S/C23H26Cl4N2O2/c1-4-21(23(31)28-12-14(2)3)29(13-16-17(24)6-5-7-18(16)25)22(30)11-15-8-9-19(26)20(27)10-15/h5-10,14,21H,4,11-13H2,1-3H3,(H,28,31). The lowest BCUT2D eigenvalue weighted by atomic mass is 10.1. The maximum atomic E-state index is 13.4. The quantitative estimate of drug-likeness (QED) is 0.429. The van der Waals surface area contributed by atoms with E-state index in [0.717, 1.165) is 0 Å². The van der Waals surface area contributed by atoms with Crippen LogP contribution in [0.25, 0.3) is 0 Å². The average molecular weight is 504 g/mol. The maximum absolute atomic E-state index is 13.4. The second-order valence-corrected chi connectivity index (χ2v) is 9.34. The van der Waals surface area contributed by atoms with Gasteiger partial charge < -0.3 is 10.2 Å². The summed E-state index contributed by atoms with van der Waals surface area (Å²) in [4.78, 5) is 27.8. The third kappa shape index (κ3) is 7.28. The Hall–Kier alpha value is -1.46. The van der Waals surface area contributed by atoms with Crippen LogP contribution in [0.1, 0.15) is 38.3 Å². The number of rotatable bonds is 9. The van der Waals surface area contributed by atoms with Crippen LogP contribution < -0.4 is 5.32 Å². The highest BCUT2D eigenvalue weighted by Gasteiger charge is 2.29. The number of nitrogens with zero attached hydrogens (tertiary/aromatic N) is 1. The molecule has 0 spiro atoms. The summed E-state index contributed by atoms with van der Waals surface area (Å²) < 4.78 is 0. The Kier molecular flexibility index (Phi) is 9.95. The number of benzene rings is 2. The summed E-state index contributed by atoms with van der Waals surface area (Å²) in [5.74, 6) is -0.150. The average Bonchev–Trinajstić information content (AvgIpc) is 2.71. The van der Waals surface area contributed by atoms with E-state index in [9.17, 15) is 9.59 Å². The van der Waals surface area contributed by atoms with Crippen molar-refractivity contribution in [2.75, 3.05) is 6.54 Å². The van der Waals surface area contributed by atoms with Gasteiger partial charge in [0.15, 0.2) is 0 Å². The second kappa shape index (κ2) is 12.0. The van der Waals surface area contributed by atoms with E-state index >= 15 is 0 Å². The molecule has 1 atom stereocenters. The smallest absolute Gasteiger partial charge is 0.242 e. The molecule has 0 bridgehead atoms. The Bertz CT molecular complexity index is 914. The molecule has 2 amide bonds. The second-order valence-electron chi connectivity index (χ2n) is 7.71. The molecule has 0 saturated carbocycles. The Balaban J connectivity index is 2.36. The predicted molar refractivity (Wildman–Crippen MR) is 129 cm³/mol. The van der Waals surface area contributed by atoms with Crippen LogP contribution in [0.15, 0.2) is 36.4 Å². The molecule has 0 saturated heterocycles. The summed E-state index contributed by atoms with van der Waals surface area (Å²) in [5, 5.41) is 4.59. The largest absolute Gasteiger partial charge is 0.354 e. The molecule has 0 aromatic heterocycles. The summed E-state index contributed by atoms with van der Waals surface area (Å²) in [5.41, 5.74) is 1.30. The lowest BCUT2D eigenvalue weighted by Gasteiger charge is -2.31. The fourth-order valence-corrected chi connectivity index (χ4v) is 3.96. The van der Waals surface area contributed by atoms with Gasteiger partial charge in [0.05, 0.1) is 16.5 Å². The summed E-state index contributed by atoms with van der Waals surface area (Å²) in [7, 11) is 0. The molecule has 31 heavy (non-hydrogen) atoms. The van der Waals surface area contributed by atoms with Crippen LogP contribution >= 0.6 is 46.4 Å². The highest BCUT2D eigenvalue weighted by molar-refractivity contribution is 6.42. The van der Waals surface area contributed by atoms with Gasteiger partial charge in [-0.25, -0.2) is 0 Å². The monoisotopic (exact) mass is 502 g/mol. The van der Waals surface area contributed by atoms with E-state index in [1.54, 1.807) is 36.4 Å². The summed E-state index contributed by atoms with van der Waals surface area (Å²) >= 11 is 24.8. The van der Waals surface area contributed by atoms with Gasteiger partial charge in [0.2, 0.25) is 11.8 Å². The lowest BCUT2D eigenvalue weighted by molar-refractivity contribution is -0.141. The Morgan fingerprint density at radius 1 is 0.968 bits per heavy atom. The molecule has 1 N–H and O–H groups in total. The molecule has 8 heteroatoms. The third-order valence-electron chi connectivity index (χ3n) is 4.80. The summed E-state index contributed by atoms with van der Waals surface area (Å²) in [6.07, 6.45) is 0.506. The van der Waals surface area contributed by atoms with E-state index in [0.29, 0.717) is 50.1 Å². The number of nitrogens with one attached hydrogen (secondary N) is 1. The van der Waals surface area contributed by atoms with Crippen molar-refractivity contribution in [3.05, 3.63) is 67.6 Å². The van der Waals surface area contributed by atoms with Gasteiger partial charge in [0.25, 0.3) is 0 Å². The van der Waals surface area contributed by atoms with Crippen LogP contribution in [0.5, 0.6) is 0 Å². The topological polar surface area (TPSA) is 49.4 Å². The highest BCUT2D eigenvalue weighted by atomic mass is 35.5. The number of hydrogen-bond acceptors (Lipinski definition) is 2. The molecule has 0 heterocycles. The van der Waals surface area contributed by atoms with Crippen LogP contribution in [0.3, 0.4) is 0 Å². The minimum atomic E-state index is -0.665. The van der Waals surface area contributed by atoms with Crippen molar-refractivity contribution in [2.45, 2.75) is 46.2 Å². The molecule has 4 nitrogen and oxygen atoms in total. The molecule has 0 radical (unpaired) electrons. The summed E-state index contributed by atoms with van der Waals surface area (Å²) in [6, 6.07) is 9.54. The van der Waals surface area contributed by atoms with Crippen molar-refractivity contribution in [2.24, 2.45) is 5.92 Å². The Morgan fingerprint density at radius 3 is 2.16 bits per heavy atom. The van der Waals surface area contributed by atoms with E-state index in [1.807, 2.05) is 20.8 Å². The number of carbonyl (C=O) groups is 2. The first-order valence-corrected chi connectivity index (χ1v) is 11.6. The predicted octanol–water partition coefficient (Wildman–Crippen LogP) is 6.42. The molecular formula is C23H26Cl4N2O2. The lowest BCUT2D eigenvalue weighted by Crippen LogP contribution is -2.50. The van der Waals surface area contributed by atoms with Gasteiger partial charge in [-0.1, -0.05) is 79.3 Å². The van der Waals surface area contributed by atoms with Crippen LogP contribution in [0.4, 0.5) is 0 Å². The van der Waals surface area contributed by atoms with Gasteiger partial charge in [-0.05, 0) is 42.2 Å². The van der Waals surface area contributed by atoms with Crippen molar-refractivity contribution >= 4 is 58.2 Å². The molecule has 2 rings (SSSR count). The number of amides is 2. The van der Waals surface area contributed by atoms with Crippen LogP contribution in [0, 0.1) is 5.92 Å². The minimum Gasteiger partial charge on any atom is -0.354 e. The van der Waals surface area contributed by atoms with Crippen LogP contribution in [-0.2, 0) is 22.6 Å². The molecule has 0 aliphatic carbocycles. The molecule has 0 aliphatic rings. The van der Waals surface area contributed by atoms with Gasteiger partial charge in [-0.3, -0.25) is 9.59 Å². The van der Waals surface area contributed by atoms with Gasteiger partial charge in [-0.15, -0.1) is 0 Å². The number of hydrogen-bond donors (Lipinski definition) is 1. The molecule has 0 fully saturated rings. The van der Waals surface area contributed by atoms with Crippen molar-refractivity contribution in [3.63, 3.8) is 0 Å². The van der Waals surface area contributed by atoms with Gasteiger partial charge in [0.1, 0.15) is 6.04 Å². The number of carbonyl (C=O) groups excluding carboxylic acids is 2. The fourth-order valence-electron chi connectivity index (χ4n) is 3.12. The van der Waals surface area contributed by atoms with Gasteiger partial charge in [-0.2, -0.15) is 0 Å². The Morgan fingerprint density at radius 2 is 1.61 bits per heavy atom. The molecule has 1 unspecified atom stereocenters. The molecule has 2 aromatic rings. The Labute approximate surface area is 203 Å². The maximum Gasteiger partial charge on any atom is 0.242 e. The first-order chi connectivity index (χ1) is 14.6. The fraction of sp³-hybridized carbons (Fsp3) is 0.391. The first-order valence-electron chi connectivity index (χ1n) is 10.1. The molecule has 2 aromatic carbocycles. The van der Waals surface area contributed by atoms with Crippen LogP contribution in [0.2, 0.25) is 20.1 Å². The summed E-state index contributed by atoms with van der Waals surface area (Å²) in [6.45, 7) is 6.53. The SMILES string of the molecule is CCC(C(=O)NCC(C)C)N(Cc1c(Cl)cccc1Cl)C(=O)Cc1ccc(Cl)c(Cl)c1. The molecule has 0 aliphatic heterocycles. The highest BCUT2D eigenvalue weighted by Crippen LogP contribution is 2.28. The van der Waals surface area contributed by atoms with E-state index < -0.39 is 6.04 Å². The van der Waals surface area contributed by atoms with Crippen molar-refractivity contribution in [3.8, 4) is 0 Å². The zero-order valence-electron chi connectivity index (χ0n) is 17.7. The van der Waals surface area contributed by atoms with Crippen molar-refractivity contribution in [1.82, 2.24) is 10.2 Å². The zero-order chi connectivity index (χ0) is 23.1. The van der Waals surface area contributed by atoms with E-state index in [1.165, 1.54) is 4.90 Å². The third-order valence-corrected chi connectivity index (χ3v) is 6.25. The molecule has 168 valence electrons. The van der Waals surface area contributed by atoms with Crippen molar-refractivity contribution < 1.29 is 9.59 Å². The first kappa shape index (κ1) is 25.8. The zero-order valence-corrected chi connectivity index (χ0v) is 20.7. The minimum absolute atomic E-state index is 0.0624. The van der Waals surface area contributed by atoms with Crippen LogP contribution in [-0.4, -0.2) is 29.3 Å².